The van der Waals surface area contributed by atoms with Crippen LogP contribution in [0.2, 0.25) is 5.02 Å². The van der Waals surface area contributed by atoms with Crippen LogP contribution in [0.25, 0.3) is 0 Å². The highest BCUT2D eigenvalue weighted by Crippen LogP contribution is 2.26. The number of ether oxygens (including phenoxy) is 1. The molecule has 1 aromatic carbocycles. The number of rotatable bonds is 7. The molecule has 0 spiro atoms. The molecule has 0 radical (unpaired) electrons. The average Bonchev–Trinajstić information content (AvgIpc) is 2.77. The fourth-order valence-corrected chi connectivity index (χ4v) is 4.36. The van der Waals surface area contributed by atoms with E-state index in [0.29, 0.717) is 23.7 Å². The van der Waals surface area contributed by atoms with Gasteiger partial charge in [-0.3, -0.25) is 4.79 Å². The van der Waals surface area contributed by atoms with Crippen molar-refractivity contribution >= 4 is 29.2 Å². The van der Waals surface area contributed by atoms with Gasteiger partial charge in [-0.15, -0.1) is 0 Å². The summed E-state index contributed by atoms with van der Waals surface area (Å²) in [5.74, 6) is 0.194. The Kier molecular flexibility index (Phi) is 8.78. The second-order valence-electron chi connectivity index (χ2n) is 8.18. The zero-order valence-corrected chi connectivity index (χ0v) is 18.0. The highest BCUT2D eigenvalue weighted by Gasteiger charge is 2.33. The largest absolute Gasteiger partial charge is 0.394 e. The maximum absolute atomic E-state index is 12.5. The Hall–Kier alpha value is -1.83. The molecular formula is C22H32ClN3O4. The van der Waals surface area contributed by atoms with Gasteiger partial charge < -0.3 is 25.8 Å². The van der Waals surface area contributed by atoms with E-state index in [1.807, 2.05) is 0 Å². The zero-order chi connectivity index (χ0) is 21.3. The van der Waals surface area contributed by atoms with Gasteiger partial charge in [0.25, 0.3) is 0 Å². The Morgan fingerprint density at radius 3 is 2.50 bits per heavy atom. The smallest absolute Gasteiger partial charge is 0.319 e. The van der Waals surface area contributed by atoms with Crippen molar-refractivity contribution in [2.75, 3.05) is 18.5 Å². The molecule has 2 fully saturated rings. The van der Waals surface area contributed by atoms with Crippen LogP contribution in [0, 0.1) is 5.92 Å². The predicted octanol–water partition coefficient (Wildman–Crippen LogP) is 3.46. The highest BCUT2D eigenvalue weighted by molar-refractivity contribution is 6.30. The molecule has 1 aliphatic carbocycles. The Morgan fingerprint density at radius 1 is 1.07 bits per heavy atom. The van der Waals surface area contributed by atoms with Crippen molar-refractivity contribution in [3.63, 3.8) is 0 Å². The molecule has 30 heavy (non-hydrogen) atoms. The van der Waals surface area contributed by atoms with Crippen LogP contribution in [0.4, 0.5) is 10.5 Å². The topological polar surface area (TPSA) is 99.7 Å². The van der Waals surface area contributed by atoms with Gasteiger partial charge in [-0.1, -0.05) is 30.9 Å². The molecule has 0 unspecified atom stereocenters. The number of hydrogen-bond donors (Lipinski definition) is 4. The number of carbonyl (C=O) groups is 2. The Morgan fingerprint density at radius 2 is 1.80 bits per heavy atom. The summed E-state index contributed by atoms with van der Waals surface area (Å²) >= 11 is 5.84. The summed E-state index contributed by atoms with van der Waals surface area (Å²) in [5.41, 5.74) is 0.669. The van der Waals surface area contributed by atoms with Gasteiger partial charge in [-0.05, 0) is 56.4 Å². The summed E-state index contributed by atoms with van der Waals surface area (Å²) in [4.78, 5) is 24.5. The van der Waals surface area contributed by atoms with Gasteiger partial charge in [0.15, 0.2) is 0 Å². The third-order valence-electron chi connectivity index (χ3n) is 5.95. The molecule has 8 heteroatoms. The van der Waals surface area contributed by atoms with Crippen molar-refractivity contribution in [3.05, 3.63) is 29.3 Å². The second-order valence-corrected chi connectivity index (χ2v) is 8.62. The third-order valence-corrected chi connectivity index (χ3v) is 6.21. The molecule has 1 saturated heterocycles. The quantitative estimate of drug-likeness (QED) is 0.524. The van der Waals surface area contributed by atoms with E-state index in [1.165, 1.54) is 6.42 Å². The van der Waals surface area contributed by atoms with E-state index in [0.717, 1.165) is 38.5 Å². The minimum absolute atomic E-state index is 0.0548. The average molecular weight is 438 g/mol. The van der Waals surface area contributed by atoms with Gasteiger partial charge in [0.05, 0.1) is 18.8 Å². The predicted molar refractivity (Wildman–Crippen MR) is 117 cm³/mol. The fraction of sp³-hybridized carbons (Fsp3) is 0.636. The lowest BCUT2D eigenvalue weighted by Gasteiger charge is -2.37. The van der Waals surface area contributed by atoms with Crippen molar-refractivity contribution in [2.45, 2.75) is 69.6 Å². The molecule has 1 saturated carbocycles. The van der Waals surface area contributed by atoms with Gasteiger partial charge in [-0.2, -0.15) is 0 Å². The number of hydrogen-bond acceptors (Lipinski definition) is 4. The number of nitrogens with one attached hydrogen (secondary N) is 3. The van der Waals surface area contributed by atoms with Gasteiger partial charge in [0.1, 0.15) is 6.10 Å². The molecule has 0 bridgehead atoms. The highest BCUT2D eigenvalue weighted by atomic mass is 35.5. The molecule has 1 aliphatic heterocycles. The van der Waals surface area contributed by atoms with Crippen molar-refractivity contribution < 1.29 is 19.4 Å². The lowest BCUT2D eigenvalue weighted by Crippen LogP contribution is -2.52. The molecule has 3 amide bonds. The number of amides is 3. The van der Waals surface area contributed by atoms with Crippen LogP contribution in [-0.2, 0) is 9.53 Å². The van der Waals surface area contributed by atoms with E-state index in [4.69, 9.17) is 16.3 Å². The van der Waals surface area contributed by atoms with Crippen molar-refractivity contribution in [3.8, 4) is 0 Å². The molecule has 0 aromatic heterocycles. The van der Waals surface area contributed by atoms with E-state index in [9.17, 15) is 14.7 Å². The van der Waals surface area contributed by atoms with Crippen LogP contribution >= 0.6 is 11.6 Å². The molecule has 7 nitrogen and oxygen atoms in total. The number of urea groups is 1. The first-order chi connectivity index (χ1) is 14.5. The Labute approximate surface area is 182 Å². The number of carbonyl (C=O) groups excluding carboxylic acids is 2. The van der Waals surface area contributed by atoms with E-state index < -0.39 is 6.10 Å². The maximum atomic E-state index is 12.5. The Balaban J connectivity index is 1.37. The Bertz CT molecular complexity index is 694. The summed E-state index contributed by atoms with van der Waals surface area (Å²) in [6.45, 7) is 0.331. The minimum atomic E-state index is -0.404. The zero-order valence-electron chi connectivity index (χ0n) is 17.2. The summed E-state index contributed by atoms with van der Waals surface area (Å²) in [7, 11) is 0. The first kappa shape index (κ1) is 22.8. The number of aliphatic hydroxyl groups excluding tert-OH is 1. The van der Waals surface area contributed by atoms with Crippen LogP contribution in [-0.4, -0.2) is 48.4 Å². The molecule has 3 atom stereocenters. The minimum Gasteiger partial charge on any atom is -0.394 e. The first-order valence-electron chi connectivity index (χ1n) is 10.9. The van der Waals surface area contributed by atoms with Crippen LogP contribution in [0.15, 0.2) is 24.3 Å². The van der Waals surface area contributed by atoms with Crippen LogP contribution < -0.4 is 16.0 Å². The standard InChI is InChI=1S/C22H32ClN3O4/c23-16-6-8-17(9-7-16)25-22(29)24-13-12-18-10-11-19(20(14-27)30-18)26-21(28)15-4-2-1-3-5-15/h6-9,15,18-20,27H,1-5,10-14H2,(H,26,28)(H2,24,25,29)/t18-,19-,20+/m1/s1. The van der Waals surface area contributed by atoms with Crippen LogP contribution in [0.3, 0.4) is 0 Å². The van der Waals surface area contributed by atoms with Gasteiger partial charge >= 0.3 is 6.03 Å². The molecule has 2 aliphatic rings. The molecule has 3 rings (SSSR count). The first-order valence-corrected chi connectivity index (χ1v) is 11.3. The summed E-state index contributed by atoms with van der Waals surface area (Å²) in [5, 5.41) is 19.0. The number of anilines is 1. The number of halogens is 1. The number of benzene rings is 1. The van der Waals surface area contributed by atoms with Crippen LogP contribution in [0.5, 0.6) is 0 Å². The lowest BCUT2D eigenvalue weighted by atomic mass is 9.88. The summed E-state index contributed by atoms with van der Waals surface area (Å²) in [6.07, 6.45) is 7.09. The molecule has 1 aromatic rings. The van der Waals surface area contributed by atoms with Crippen molar-refractivity contribution in [1.82, 2.24) is 10.6 Å². The lowest BCUT2D eigenvalue weighted by molar-refractivity contribution is -0.132. The summed E-state index contributed by atoms with van der Waals surface area (Å²) in [6, 6.07) is 6.46. The fourth-order valence-electron chi connectivity index (χ4n) is 4.23. The van der Waals surface area contributed by atoms with Crippen molar-refractivity contribution in [1.29, 1.82) is 0 Å². The van der Waals surface area contributed by atoms with Gasteiger partial charge in [-0.25, -0.2) is 4.79 Å². The van der Waals surface area contributed by atoms with Gasteiger partial charge in [0.2, 0.25) is 5.91 Å². The van der Waals surface area contributed by atoms with E-state index in [2.05, 4.69) is 16.0 Å². The summed E-state index contributed by atoms with van der Waals surface area (Å²) < 4.78 is 6.00. The normalized spacial score (nSPS) is 24.8. The molecule has 4 N–H and O–H groups in total. The number of aliphatic hydroxyl groups is 1. The molecule has 166 valence electrons. The monoisotopic (exact) mass is 437 g/mol. The van der Waals surface area contributed by atoms with E-state index in [1.54, 1.807) is 24.3 Å². The van der Waals surface area contributed by atoms with Crippen molar-refractivity contribution in [2.24, 2.45) is 5.92 Å². The molecular weight excluding hydrogens is 406 g/mol. The van der Waals surface area contributed by atoms with E-state index >= 15 is 0 Å². The van der Waals surface area contributed by atoms with E-state index in [-0.39, 0.29) is 36.6 Å². The second kappa shape index (κ2) is 11.5. The SMILES string of the molecule is O=C(NCC[C@H]1CC[C@@H](NC(=O)C2CCCCC2)[C@H](CO)O1)Nc1ccc(Cl)cc1. The van der Waals surface area contributed by atoms with Crippen LogP contribution in [0.1, 0.15) is 51.4 Å². The third kappa shape index (κ3) is 6.86. The maximum Gasteiger partial charge on any atom is 0.319 e. The molecule has 1 heterocycles. The van der Waals surface area contributed by atoms with Gasteiger partial charge in [0, 0.05) is 23.2 Å².